The SMILES string of the molecule is CN1CCN(c2ccc(C(=O)Nc3n[nH]c4c3CN(S(=O)(=O)C3CC3)CC4)c(C(N)=O)c2)CC1. The number of carbonyl (C=O) groups is 2. The molecule has 1 aromatic heterocycles. The van der Waals surface area contributed by atoms with Crippen LogP contribution in [0, 0.1) is 0 Å². The van der Waals surface area contributed by atoms with Crippen molar-refractivity contribution in [3.8, 4) is 0 Å². The normalized spacial score (nSPS) is 19.6. The average Bonchev–Trinajstić information content (AvgIpc) is 3.62. The summed E-state index contributed by atoms with van der Waals surface area (Å²) in [5, 5.41) is 9.57. The second-order valence-corrected chi connectivity index (χ2v) is 11.4. The first-order valence-electron chi connectivity index (χ1n) is 11.5. The number of amides is 2. The summed E-state index contributed by atoms with van der Waals surface area (Å²) in [6, 6.07) is 5.08. The minimum Gasteiger partial charge on any atom is -0.369 e. The molecule has 0 radical (unpaired) electrons. The lowest BCUT2D eigenvalue weighted by molar-refractivity contribution is 0.0977. The number of fused-ring (bicyclic) bond motifs is 1. The molecule has 1 saturated heterocycles. The van der Waals surface area contributed by atoms with Gasteiger partial charge in [0.1, 0.15) is 0 Å². The van der Waals surface area contributed by atoms with E-state index in [-0.39, 0.29) is 28.7 Å². The fraction of sp³-hybridized carbons (Fsp3) is 0.500. The molecule has 1 aliphatic carbocycles. The highest BCUT2D eigenvalue weighted by atomic mass is 32.2. The van der Waals surface area contributed by atoms with E-state index in [1.54, 1.807) is 12.1 Å². The number of H-pyrrole nitrogens is 1. The Hall–Kier alpha value is -2.96. The Morgan fingerprint density at radius 1 is 1.12 bits per heavy atom. The Balaban J connectivity index is 1.36. The predicted octanol–water partition coefficient (Wildman–Crippen LogP) is 0.363. The van der Waals surface area contributed by atoms with E-state index in [2.05, 4.69) is 32.4 Å². The molecule has 0 atom stereocenters. The molecular formula is C22H29N7O4S. The molecule has 0 bridgehead atoms. The number of hydrogen-bond donors (Lipinski definition) is 3. The first-order valence-corrected chi connectivity index (χ1v) is 13.0. The van der Waals surface area contributed by atoms with E-state index in [1.807, 2.05) is 6.07 Å². The number of hydrogen-bond acceptors (Lipinski definition) is 7. The van der Waals surface area contributed by atoms with Gasteiger partial charge in [-0.3, -0.25) is 14.7 Å². The maximum absolute atomic E-state index is 13.1. The number of benzene rings is 1. The number of carbonyl (C=O) groups excluding carboxylic acids is 2. The maximum atomic E-state index is 13.1. The van der Waals surface area contributed by atoms with Crippen LogP contribution in [0.4, 0.5) is 11.5 Å². The molecule has 5 rings (SSSR count). The second kappa shape index (κ2) is 8.67. The number of rotatable bonds is 6. The van der Waals surface area contributed by atoms with Crippen molar-refractivity contribution < 1.29 is 18.0 Å². The molecule has 11 nitrogen and oxygen atoms in total. The molecule has 1 aromatic carbocycles. The first-order chi connectivity index (χ1) is 16.2. The number of nitrogens with two attached hydrogens (primary N) is 1. The van der Waals surface area contributed by atoms with Crippen LogP contribution in [0.15, 0.2) is 18.2 Å². The van der Waals surface area contributed by atoms with E-state index < -0.39 is 21.8 Å². The predicted molar refractivity (Wildman–Crippen MR) is 127 cm³/mol. The highest BCUT2D eigenvalue weighted by Crippen LogP contribution is 2.34. The van der Waals surface area contributed by atoms with Crippen LogP contribution in [0.1, 0.15) is 44.8 Å². The first kappa shape index (κ1) is 22.8. The van der Waals surface area contributed by atoms with Crippen LogP contribution >= 0.6 is 0 Å². The molecule has 2 aromatic rings. The van der Waals surface area contributed by atoms with Crippen LogP contribution in [0.25, 0.3) is 0 Å². The summed E-state index contributed by atoms with van der Waals surface area (Å²) in [4.78, 5) is 29.7. The van der Waals surface area contributed by atoms with Gasteiger partial charge in [-0.2, -0.15) is 9.40 Å². The monoisotopic (exact) mass is 487 g/mol. The molecule has 2 aliphatic heterocycles. The molecule has 0 unspecified atom stereocenters. The molecular weight excluding hydrogens is 458 g/mol. The number of aromatic nitrogens is 2. The zero-order valence-electron chi connectivity index (χ0n) is 19.1. The Morgan fingerprint density at radius 3 is 2.53 bits per heavy atom. The lowest BCUT2D eigenvalue weighted by Crippen LogP contribution is -2.44. The van der Waals surface area contributed by atoms with Gasteiger partial charge in [-0.1, -0.05) is 0 Å². The van der Waals surface area contributed by atoms with Gasteiger partial charge in [-0.15, -0.1) is 0 Å². The van der Waals surface area contributed by atoms with Crippen LogP contribution in [0.5, 0.6) is 0 Å². The topological polar surface area (TPSA) is 145 Å². The number of anilines is 2. The highest BCUT2D eigenvalue weighted by molar-refractivity contribution is 7.90. The van der Waals surface area contributed by atoms with Gasteiger partial charge in [0.2, 0.25) is 15.9 Å². The number of nitrogens with one attached hydrogen (secondary N) is 2. The second-order valence-electron chi connectivity index (χ2n) is 9.20. The van der Waals surface area contributed by atoms with E-state index >= 15 is 0 Å². The third-order valence-electron chi connectivity index (χ3n) is 6.82. The molecule has 182 valence electrons. The van der Waals surface area contributed by atoms with Crippen LogP contribution in [-0.4, -0.2) is 84.7 Å². The lowest BCUT2D eigenvalue weighted by Gasteiger charge is -2.34. The van der Waals surface area contributed by atoms with E-state index in [4.69, 9.17) is 5.73 Å². The van der Waals surface area contributed by atoms with Crippen LogP contribution < -0.4 is 16.0 Å². The molecule has 3 aliphatic rings. The average molecular weight is 488 g/mol. The number of sulfonamides is 1. The summed E-state index contributed by atoms with van der Waals surface area (Å²) in [7, 11) is -1.27. The Kier molecular flexibility index (Phi) is 5.82. The minimum atomic E-state index is -3.33. The van der Waals surface area contributed by atoms with Gasteiger partial charge < -0.3 is 20.9 Å². The summed E-state index contributed by atoms with van der Waals surface area (Å²) in [5.41, 5.74) is 8.20. The quantitative estimate of drug-likeness (QED) is 0.534. The van der Waals surface area contributed by atoms with Gasteiger partial charge in [0.05, 0.1) is 16.4 Å². The molecule has 4 N–H and O–H groups in total. The molecule has 1 saturated carbocycles. The lowest BCUT2D eigenvalue weighted by atomic mass is 10.0. The molecule has 0 spiro atoms. The Bertz CT molecular complexity index is 1230. The standard InChI is InChI=1S/C22H29N7O4S/c1-27-8-10-28(11-9-27)14-2-5-16(17(12-14)20(23)30)22(31)24-21-18-13-29(7-6-19(18)25-26-21)34(32,33)15-3-4-15/h2,5,12,15H,3-4,6-11,13H2,1H3,(H2,23,30)(H2,24,25,26,31). The van der Waals surface area contributed by atoms with E-state index in [0.29, 0.717) is 31.4 Å². The third kappa shape index (κ3) is 4.28. The molecule has 2 amide bonds. The fourth-order valence-electron chi connectivity index (χ4n) is 4.54. The molecule has 34 heavy (non-hydrogen) atoms. The van der Waals surface area contributed by atoms with Gasteiger partial charge in [0, 0.05) is 62.6 Å². The van der Waals surface area contributed by atoms with Crippen molar-refractivity contribution in [3.63, 3.8) is 0 Å². The van der Waals surface area contributed by atoms with E-state index in [1.165, 1.54) is 4.31 Å². The van der Waals surface area contributed by atoms with Gasteiger partial charge in [-0.05, 0) is 38.1 Å². The van der Waals surface area contributed by atoms with E-state index in [0.717, 1.165) is 37.6 Å². The number of likely N-dealkylation sites (N-methyl/N-ethyl adjacent to an activating group) is 1. The van der Waals surface area contributed by atoms with Gasteiger partial charge >= 0.3 is 0 Å². The zero-order valence-corrected chi connectivity index (χ0v) is 19.9. The largest absolute Gasteiger partial charge is 0.369 e. The van der Waals surface area contributed by atoms with Crippen LogP contribution in [0.3, 0.4) is 0 Å². The maximum Gasteiger partial charge on any atom is 0.257 e. The van der Waals surface area contributed by atoms with Gasteiger partial charge in [0.15, 0.2) is 5.82 Å². The van der Waals surface area contributed by atoms with Crippen molar-refractivity contribution in [1.82, 2.24) is 19.4 Å². The van der Waals surface area contributed by atoms with Crippen molar-refractivity contribution in [2.45, 2.75) is 31.1 Å². The highest BCUT2D eigenvalue weighted by Gasteiger charge is 2.41. The Morgan fingerprint density at radius 2 is 1.85 bits per heavy atom. The summed E-state index contributed by atoms with van der Waals surface area (Å²) in [6.45, 7) is 4.00. The van der Waals surface area contributed by atoms with Gasteiger partial charge in [0.25, 0.3) is 5.91 Å². The summed E-state index contributed by atoms with van der Waals surface area (Å²) >= 11 is 0. The molecule has 2 fully saturated rings. The van der Waals surface area contributed by atoms with Crippen molar-refractivity contribution >= 4 is 33.3 Å². The van der Waals surface area contributed by atoms with Crippen LogP contribution in [-0.2, 0) is 23.0 Å². The van der Waals surface area contributed by atoms with Crippen molar-refractivity contribution in [2.75, 3.05) is 50.0 Å². The molecule has 3 heterocycles. The number of primary amides is 1. The minimum absolute atomic E-state index is 0.135. The zero-order chi connectivity index (χ0) is 24.0. The number of nitrogens with zero attached hydrogens (tertiary/aromatic N) is 4. The number of piperazine rings is 1. The number of aromatic amines is 1. The van der Waals surface area contributed by atoms with Crippen LogP contribution in [0.2, 0.25) is 0 Å². The third-order valence-corrected chi connectivity index (χ3v) is 9.16. The van der Waals surface area contributed by atoms with Gasteiger partial charge in [-0.25, -0.2) is 8.42 Å². The summed E-state index contributed by atoms with van der Waals surface area (Å²) < 4.78 is 26.8. The van der Waals surface area contributed by atoms with Crippen molar-refractivity contribution in [3.05, 3.63) is 40.6 Å². The van der Waals surface area contributed by atoms with E-state index in [9.17, 15) is 18.0 Å². The summed E-state index contributed by atoms with van der Waals surface area (Å²) in [5.74, 6) is -0.934. The fourth-order valence-corrected chi connectivity index (χ4v) is 6.35. The smallest absolute Gasteiger partial charge is 0.257 e. The Labute approximate surface area is 198 Å². The molecule has 12 heteroatoms. The van der Waals surface area contributed by atoms with Crippen molar-refractivity contribution in [2.24, 2.45) is 5.73 Å². The summed E-state index contributed by atoms with van der Waals surface area (Å²) in [6.07, 6.45) is 1.89. The van der Waals surface area contributed by atoms with Crippen molar-refractivity contribution in [1.29, 1.82) is 0 Å².